The summed E-state index contributed by atoms with van der Waals surface area (Å²) in [5.74, 6) is 1.05. The summed E-state index contributed by atoms with van der Waals surface area (Å²) in [6.07, 6.45) is 5.40. The van der Waals surface area contributed by atoms with E-state index >= 15 is 0 Å². The maximum Gasteiger partial charge on any atom is 0.137 e. The smallest absolute Gasteiger partial charge is 0.137 e. The van der Waals surface area contributed by atoms with Gasteiger partial charge in [0.05, 0.1) is 30.4 Å². The lowest BCUT2D eigenvalue weighted by Crippen LogP contribution is -2.31. The Kier molecular flexibility index (Phi) is 6.68. The molecule has 6 nitrogen and oxygen atoms in total. The molecule has 0 saturated carbocycles. The molecule has 0 saturated heterocycles. The predicted octanol–water partition coefficient (Wildman–Crippen LogP) is 5.80. The van der Waals surface area contributed by atoms with Gasteiger partial charge in [-0.15, -0.1) is 0 Å². The van der Waals surface area contributed by atoms with E-state index in [2.05, 4.69) is 66.3 Å². The minimum atomic E-state index is -1.02. The fourth-order valence-corrected chi connectivity index (χ4v) is 4.14. The largest absolute Gasteiger partial charge is 0.495 e. The molecule has 35 heavy (non-hydrogen) atoms. The number of ether oxygens (including phenoxy) is 1. The molecule has 4 aromatic rings. The lowest BCUT2D eigenvalue weighted by atomic mass is 9.70. The summed E-state index contributed by atoms with van der Waals surface area (Å²) in [4.78, 5) is 9.13. The Balaban J connectivity index is 1.63. The molecule has 3 aromatic heterocycles. The Labute approximate surface area is 207 Å². The first kappa shape index (κ1) is 24.5. The van der Waals surface area contributed by atoms with Gasteiger partial charge in [-0.25, -0.2) is 0 Å². The first-order valence-electron chi connectivity index (χ1n) is 11.8. The first-order valence-corrected chi connectivity index (χ1v) is 11.8. The van der Waals surface area contributed by atoms with Crippen molar-refractivity contribution in [2.75, 3.05) is 7.11 Å². The number of pyridine rings is 2. The molecular formula is C29H32N4O2. The molecule has 0 aliphatic heterocycles. The number of rotatable bonds is 7. The van der Waals surface area contributed by atoms with Crippen LogP contribution < -0.4 is 4.74 Å². The van der Waals surface area contributed by atoms with Crippen molar-refractivity contribution in [3.05, 3.63) is 90.1 Å². The van der Waals surface area contributed by atoms with Crippen LogP contribution >= 0.6 is 0 Å². The van der Waals surface area contributed by atoms with Gasteiger partial charge >= 0.3 is 0 Å². The Morgan fingerprint density at radius 3 is 2.00 bits per heavy atom. The second kappa shape index (κ2) is 9.55. The van der Waals surface area contributed by atoms with Gasteiger partial charge in [-0.05, 0) is 68.1 Å². The maximum atomic E-state index is 10.1. The fourth-order valence-electron chi connectivity index (χ4n) is 4.14. The average Bonchev–Trinajstić information content (AvgIpc) is 2.88. The highest BCUT2D eigenvalue weighted by Gasteiger charge is 2.34. The number of benzene rings is 1. The number of aliphatic hydroxyl groups is 1. The van der Waals surface area contributed by atoms with Crippen molar-refractivity contribution in [1.82, 2.24) is 20.2 Å². The molecule has 180 valence electrons. The minimum Gasteiger partial charge on any atom is -0.495 e. The van der Waals surface area contributed by atoms with Crippen molar-refractivity contribution in [2.24, 2.45) is 5.92 Å². The maximum absolute atomic E-state index is 10.1. The van der Waals surface area contributed by atoms with Crippen LogP contribution in [0.25, 0.3) is 22.4 Å². The van der Waals surface area contributed by atoms with Crippen molar-refractivity contribution in [2.45, 2.75) is 45.6 Å². The highest BCUT2D eigenvalue weighted by Crippen LogP contribution is 2.39. The fraction of sp³-hybridized carbons (Fsp3) is 0.310. The molecular weight excluding hydrogens is 436 g/mol. The molecule has 0 fully saturated rings. The highest BCUT2D eigenvalue weighted by molar-refractivity contribution is 5.65. The zero-order valence-corrected chi connectivity index (χ0v) is 21.1. The third-order valence-corrected chi connectivity index (χ3v) is 6.80. The van der Waals surface area contributed by atoms with E-state index in [0.717, 1.165) is 33.8 Å². The molecule has 1 N–H and O–H groups in total. The summed E-state index contributed by atoms with van der Waals surface area (Å²) in [6.45, 7) is 10.1. The Hall–Kier alpha value is -3.64. The van der Waals surface area contributed by atoms with Gasteiger partial charge < -0.3 is 9.84 Å². The molecule has 1 unspecified atom stereocenters. The summed E-state index contributed by atoms with van der Waals surface area (Å²) in [5.41, 5.74) is 5.13. The van der Waals surface area contributed by atoms with E-state index in [1.807, 2.05) is 30.6 Å². The third-order valence-electron chi connectivity index (χ3n) is 6.80. The molecule has 4 rings (SSSR count). The van der Waals surface area contributed by atoms with Crippen LogP contribution in [0.15, 0.2) is 73.2 Å². The molecule has 0 amide bonds. The number of aromatic nitrogens is 4. The van der Waals surface area contributed by atoms with Crippen molar-refractivity contribution >= 4 is 0 Å². The van der Waals surface area contributed by atoms with E-state index in [0.29, 0.717) is 11.6 Å². The zero-order valence-electron chi connectivity index (χ0n) is 21.1. The molecule has 0 spiro atoms. The summed E-state index contributed by atoms with van der Waals surface area (Å²) in [7, 11) is 1.65. The van der Waals surface area contributed by atoms with Gasteiger partial charge in [0.2, 0.25) is 0 Å². The molecule has 6 heteroatoms. The van der Waals surface area contributed by atoms with Crippen LogP contribution in [-0.2, 0) is 11.0 Å². The van der Waals surface area contributed by atoms with Crippen LogP contribution in [0.5, 0.6) is 5.75 Å². The van der Waals surface area contributed by atoms with E-state index in [4.69, 9.17) is 9.72 Å². The molecule has 3 heterocycles. The molecule has 0 aliphatic rings. The van der Waals surface area contributed by atoms with E-state index < -0.39 is 5.60 Å². The summed E-state index contributed by atoms with van der Waals surface area (Å²) in [6, 6.07) is 18.4. The quantitative estimate of drug-likeness (QED) is 0.369. The normalized spacial score (nSPS) is 13.5. The lowest BCUT2D eigenvalue weighted by Gasteiger charge is -2.34. The molecule has 0 radical (unpaired) electrons. The van der Waals surface area contributed by atoms with Crippen LogP contribution in [-0.4, -0.2) is 32.4 Å². The predicted molar refractivity (Wildman–Crippen MR) is 138 cm³/mol. The monoisotopic (exact) mass is 468 g/mol. The number of methoxy groups -OCH3 is 1. The van der Waals surface area contributed by atoms with Gasteiger partial charge in [0.15, 0.2) is 0 Å². The molecule has 0 bridgehead atoms. The summed E-state index contributed by atoms with van der Waals surface area (Å²) >= 11 is 0. The number of nitrogens with zero attached hydrogens (tertiary/aromatic N) is 4. The number of hydrogen-bond donors (Lipinski definition) is 1. The third kappa shape index (κ3) is 4.93. The van der Waals surface area contributed by atoms with Crippen LogP contribution in [0.4, 0.5) is 0 Å². The van der Waals surface area contributed by atoms with Crippen LogP contribution in [0.2, 0.25) is 0 Å². The minimum absolute atomic E-state index is 0.278. The van der Waals surface area contributed by atoms with Crippen LogP contribution in [0.1, 0.15) is 51.6 Å². The molecule has 1 aromatic carbocycles. The molecule has 0 aliphatic carbocycles. The van der Waals surface area contributed by atoms with Crippen LogP contribution in [0, 0.1) is 5.92 Å². The van der Waals surface area contributed by atoms with E-state index in [1.54, 1.807) is 33.2 Å². The SMILES string of the molecule is COc1cncc(-c2ccc(C(C)(c3ccc(-c4ccc(C(C)(C)O)nn4)cn3)C(C)C)cc2)c1. The second-order valence-corrected chi connectivity index (χ2v) is 9.84. The lowest BCUT2D eigenvalue weighted by molar-refractivity contribution is 0.0729. The van der Waals surface area contributed by atoms with E-state index in [1.165, 1.54) is 5.56 Å². The van der Waals surface area contributed by atoms with Crippen molar-refractivity contribution in [1.29, 1.82) is 0 Å². The number of hydrogen-bond acceptors (Lipinski definition) is 6. The van der Waals surface area contributed by atoms with Crippen molar-refractivity contribution in [3.8, 4) is 28.1 Å². The summed E-state index contributed by atoms with van der Waals surface area (Å²) in [5, 5.41) is 18.6. The standard InChI is InChI=1S/C29H32N4O2/c1-19(2)29(5,23-10-7-20(8-11-23)22-15-24(35-6)18-30-16-22)27-13-9-21(17-31-27)25-12-14-26(33-32-25)28(3,4)34/h7-19,34H,1-6H3. The van der Waals surface area contributed by atoms with Crippen molar-refractivity contribution in [3.63, 3.8) is 0 Å². The Morgan fingerprint density at radius 2 is 1.46 bits per heavy atom. The molecule has 1 atom stereocenters. The van der Waals surface area contributed by atoms with Gasteiger partial charge in [0.1, 0.15) is 11.4 Å². The van der Waals surface area contributed by atoms with Gasteiger partial charge in [-0.2, -0.15) is 10.2 Å². The first-order chi connectivity index (χ1) is 16.6. The topological polar surface area (TPSA) is 81.0 Å². The van der Waals surface area contributed by atoms with Gasteiger partial charge in [0, 0.05) is 28.9 Å². The highest BCUT2D eigenvalue weighted by atomic mass is 16.5. The summed E-state index contributed by atoms with van der Waals surface area (Å²) < 4.78 is 5.32. The van der Waals surface area contributed by atoms with Gasteiger partial charge in [-0.3, -0.25) is 9.97 Å². The van der Waals surface area contributed by atoms with Crippen LogP contribution in [0.3, 0.4) is 0 Å². The van der Waals surface area contributed by atoms with Gasteiger partial charge in [0.25, 0.3) is 0 Å². The Bertz CT molecular complexity index is 1280. The van der Waals surface area contributed by atoms with E-state index in [-0.39, 0.29) is 5.41 Å². The van der Waals surface area contributed by atoms with Gasteiger partial charge in [-0.1, -0.05) is 38.1 Å². The van der Waals surface area contributed by atoms with Crippen molar-refractivity contribution < 1.29 is 9.84 Å². The Morgan fingerprint density at radius 1 is 0.771 bits per heavy atom. The zero-order chi connectivity index (χ0) is 25.2. The second-order valence-electron chi connectivity index (χ2n) is 9.84. The van der Waals surface area contributed by atoms with E-state index in [9.17, 15) is 5.11 Å². The average molecular weight is 469 g/mol.